The van der Waals surface area contributed by atoms with Gasteiger partial charge in [0, 0.05) is 17.6 Å². The van der Waals surface area contributed by atoms with Crippen LogP contribution in [0, 0.1) is 6.92 Å². The van der Waals surface area contributed by atoms with Gasteiger partial charge in [-0.05, 0) is 32.5 Å². The zero-order chi connectivity index (χ0) is 10.2. The van der Waals surface area contributed by atoms with Crippen LogP contribution < -0.4 is 5.32 Å². The van der Waals surface area contributed by atoms with Gasteiger partial charge in [0.25, 0.3) is 0 Å². The van der Waals surface area contributed by atoms with E-state index in [2.05, 4.69) is 22.2 Å². The molecule has 1 rings (SSSR count). The van der Waals surface area contributed by atoms with E-state index in [1.807, 2.05) is 19.2 Å². The van der Waals surface area contributed by atoms with Crippen LogP contribution in [0.15, 0.2) is 17.4 Å². The van der Waals surface area contributed by atoms with Crippen molar-refractivity contribution >= 4 is 11.8 Å². The first-order valence-electron chi connectivity index (χ1n) is 4.96. The fraction of sp³-hybridized carbons (Fsp3) is 0.600. The first-order chi connectivity index (χ1) is 6.83. The Morgan fingerprint density at radius 2 is 2.36 bits per heavy atom. The second-order valence-electron chi connectivity index (χ2n) is 3.04. The molecule has 1 aromatic heterocycles. The number of hydrogen-bond donors (Lipinski definition) is 1. The van der Waals surface area contributed by atoms with Crippen molar-refractivity contribution in [1.82, 2.24) is 15.3 Å². The predicted molar refractivity (Wildman–Crippen MR) is 60.7 cm³/mol. The maximum Gasteiger partial charge on any atom is 0.187 e. The molecule has 0 aliphatic rings. The van der Waals surface area contributed by atoms with E-state index in [1.54, 1.807) is 11.8 Å². The zero-order valence-electron chi connectivity index (χ0n) is 8.79. The average Bonchev–Trinajstić information content (AvgIpc) is 2.18. The van der Waals surface area contributed by atoms with E-state index in [-0.39, 0.29) is 0 Å². The largest absolute Gasteiger partial charge is 0.317 e. The van der Waals surface area contributed by atoms with Gasteiger partial charge in [-0.1, -0.05) is 18.7 Å². The molecule has 1 aromatic rings. The molecule has 0 saturated heterocycles. The molecule has 1 N–H and O–H groups in total. The summed E-state index contributed by atoms with van der Waals surface area (Å²) in [5.74, 6) is 1.08. The lowest BCUT2D eigenvalue weighted by molar-refractivity contribution is 0.706. The van der Waals surface area contributed by atoms with Crippen molar-refractivity contribution in [3.05, 3.63) is 18.0 Å². The van der Waals surface area contributed by atoms with Crippen molar-refractivity contribution in [2.45, 2.75) is 25.4 Å². The van der Waals surface area contributed by atoms with E-state index in [0.717, 1.165) is 36.1 Å². The van der Waals surface area contributed by atoms with Crippen LogP contribution in [0.3, 0.4) is 0 Å². The third-order valence-corrected chi connectivity index (χ3v) is 2.70. The van der Waals surface area contributed by atoms with Crippen LogP contribution in [0.2, 0.25) is 0 Å². The van der Waals surface area contributed by atoms with E-state index < -0.39 is 0 Å². The van der Waals surface area contributed by atoms with Crippen LogP contribution in [-0.4, -0.2) is 28.8 Å². The third kappa shape index (κ3) is 4.58. The maximum absolute atomic E-state index is 4.32. The fourth-order valence-corrected chi connectivity index (χ4v) is 1.85. The summed E-state index contributed by atoms with van der Waals surface area (Å²) in [6.07, 6.45) is 2.98. The average molecular weight is 211 g/mol. The van der Waals surface area contributed by atoms with E-state index in [0.29, 0.717) is 0 Å². The molecule has 0 unspecified atom stereocenters. The van der Waals surface area contributed by atoms with Crippen LogP contribution in [0.4, 0.5) is 0 Å². The summed E-state index contributed by atoms with van der Waals surface area (Å²) in [7, 11) is 0. The van der Waals surface area contributed by atoms with Crippen molar-refractivity contribution in [3.63, 3.8) is 0 Å². The summed E-state index contributed by atoms with van der Waals surface area (Å²) in [5, 5.41) is 4.18. The Bertz CT molecular complexity index is 265. The van der Waals surface area contributed by atoms with Crippen molar-refractivity contribution in [2.24, 2.45) is 0 Å². The van der Waals surface area contributed by atoms with Crippen LogP contribution in [0.1, 0.15) is 19.0 Å². The van der Waals surface area contributed by atoms with Crippen molar-refractivity contribution in [2.75, 3.05) is 18.8 Å². The molecule has 0 atom stereocenters. The highest BCUT2D eigenvalue weighted by atomic mass is 32.2. The van der Waals surface area contributed by atoms with E-state index in [9.17, 15) is 0 Å². The summed E-state index contributed by atoms with van der Waals surface area (Å²) < 4.78 is 0. The summed E-state index contributed by atoms with van der Waals surface area (Å²) in [4.78, 5) is 8.51. The van der Waals surface area contributed by atoms with Gasteiger partial charge >= 0.3 is 0 Å². The normalized spacial score (nSPS) is 10.4. The molecule has 0 aliphatic carbocycles. The molecule has 14 heavy (non-hydrogen) atoms. The summed E-state index contributed by atoms with van der Waals surface area (Å²) >= 11 is 1.72. The van der Waals surface area contributed by atoms with Gasteiger partial charge in [0.05, 0.1) is 0 Å². The molecule has 0 fully saturated rings. The Hall–Kier alpha value is -0.610. The van der Waals surface area contributed by atoms with Gasteiger partial charge in [-0.3, -0.25) is 0 Å². The van der Waals surface area contributed by atoms with Crippen molar-refractivity contribution < 1.29 is 0 Å². The Morgan fingerprint density at radius 3 is 3.07 bits per heavy atom. The number of thioether (sulfide) groups is 1. The lowest BCUT2D eigenvalue weighted by atomic mass is 10.5. The lowest BCUT2D eigenvalue weighted by Crippen LogP contribution is -2.14. The van der Waals surface area contributed by atoms with Crippen LogP contribution in [-0.2, 0) is 0 Å². The smallest absolute Gasteiger partial charge is 0.187 e. The Labute approximate surface area is 89.7 Å². The van der Waals surface area contributed by atoms with Crippen molar-refractivity contribution in [1.29, 1.82) is 0 Å². The minimum Gasteiger partial charge on any atom is -0.317 e. The highest BCUT2D eigenvalue weighted by Crippen LogP contribution is 2.12. The number of rotatable bonds is 6. The molecule has 0 aliphatic heterocycles. The molecule has 0 aromatic carbocycles. The second-order valence-corrected chi connectivity index (χ2v) is 4.10. The molecule has 78 valence electrons. The van der Waals surface area contributed by atoms with Crippen LogP contribution in [0.5, 0.6) is 0 Å². The minimum atomic E-state index is 0.890. The highest BCUT2D eigenvalue weighted by molar-refractivity contribution is 7.99. The molecule has 0 bridgehead atoms. The lowest BCUT2D eigenvalue weighted by Gasteiger charge is -2.01. The van der Waals surface area contributed by atoms with Crippen LogP contribution >= 0.6 is 11.8 Å². The standard InChI is InChI=1S/C10H17N3S/c1-3-11-6-4-8-14-10-12-7-5-9(2)13-10/h5,7,11H,3-4,6,8H2,1-2H3. The van der Waals surface area contributed by atoms with Gasteiger partial charge in [0.2, 0.25) is 0 Å². The Kier molecular flexibility index (Phi) is 5.56. The monoisotopic (exact) mass is 211 g/mol. The molecular formula is C10H17N3S. The number of aromatic nitrogens is 2. The predicted octanol–water partition coefficient (Wildman–Crippen LogP) is 1.88. The van der Waals surface area contributed by atoms with Gasteiger partial charge in [0.15, 0.2) is 5.16 Å². The van der Waals surface area contributed by atoms with E-state index >= 15 is 0 Å². The molecule has 4 heteroatoms. The van der Waals surface area contributed by atoms with Crippen molar-refractivity contribution in [3.8, 4) is 0 Å². The Balaban J connectivity index is 2.18. The summed E-state index contributed by atoms with van der Waals surface area (Å²) in [6.45, 7) is 6.24. The number of nitrogens with one attached hydrogen (secondary N) is 1. The van der Waals surface area contributed by atoms with Gasteiger partial charge in [-0.2, -0.15) is 0 Å². The molecular weight excluding hydrogens is 194 g/mol. The van der Waals surface area contributed by atoms with E-state index in [4.69, 9.17) is 0 Å². The SMILES string of the molecule is CCNCCCSc1nccc(C)n1. The third-order valence-electron chi connectivity index (χ3n) is 1.75. The fourth-order valence-electron chi connectivity index (χ4n) is 1.03. The molecule has 0 saturated carbocycles. The zero-order valence-corrected chi connectivity index (χ0v) is 9.60. The minimum absolute atomic E-state index is 0.890. The van der Waals surface area contributed by atoms with E-state index in [1.165, 1.54) is 0 Å². The molecule has 0 spiro atoms. The van der Waals surface area contributed by atoms with Crippen LogP contribution in [0.25, 0.3) is 0 Å². The number of aryl methyl sites for hydroxylation is 1. The first kappa shape index (κ1) is 11.5. The topological polar surface area (TPSA) is 37.8 Å². The molecule has 0 amide bonds. The highest BCUT2D eigenvalue weighted by Gasteiger charge is 1.96. The molecule has 0 radical (unpaired) electrons. The molecule has 1 heterocycles. The van der Waals surface area contributed by atoms with Gasteiger partial charge in [-0.25, -0.2) is 9.97 Å². The molecule has 3 nitrogen and oxygen atoms in total. The van der Waals surface area contributed by atoms with Gasteiger partial charge < -0.3 is 5.32 Å². The maximum atomic E-state index is 4.32. The quantitative estimate of drug-likeness (QED) is 0.443. The number of nitrogens with zero attached hydrogens (tertiary/aromatic N) is 2. The first-order valence-corrected chi connectivity index (χ1v) is 5.94. The second kappa shape index (κ2) is 6.79. The summed E-state index contributed by atoms with van der Waals surface area (Å²) in [5.41, 5.74) is 1.04. The van der Waals surface area contributed by atoms with Gasteiger partial charge in [0.1, 0.15) is 0 Å². The summed E-state index contributed by atoms with van der Waals surface area (Å²) in [6, 6.07) is 1.92. The van der Waals surface area contributed by atoms with Gasteiger partial charge in [-0.15, -0.1) is 0 Å². The number of hydrogen-bond acceptors (Lipinski definition) is 4. The Morgan fingerprint density at radius 1 is 1.50 bits per heavy atom.